The minimum absolute atomic E-state index is 0. The Morgan fingerprint density at radius 2 is 2.00 bits per heavy atom. The SMILES string of the molecule is Cl.O=C(c1cc2cc(Br)ccc2s1)N1CCNCC1. The number of piperazine rings is 1. The highest BCUT2D eigenvalue weighted by Gasteiger charge is 2.19. The molecule has 0 unspecified atom stereocenters. The summed E-state index contributed by atoms with van der Waals surface area (Å²) < 4.78 is 2.21. The third-order valence-corrected chi connectivity index (χ3v) is 4.69. The summed E-state index contributed by atoms with van der Waals surface area (Å²) in [5, 5.41) is 4.39. The highest BCUT2D eigenvalue weighted by Crippen LogP contribution is 2.29. The molecule has 2 heterocycles. The molecule has 0 bridgehead atoms. The van der Waals surface area contributed by atoms with Crippen LogP contribution in [-0.4, -0.2) is 37.0 Å². The van der Waals surface area contributed by atoms with Gasteiger partial charge in [0.1, 0.15) is 0 Å². The van der Waals surface area contributed by atoms with Crippen molar-refractivity contribution in [1.82, 2.24) is 10.2 Å². The number of rotatable bonds is 1. The van der Waals surface area contributed by atoms with Gasteiger partial charge in [-0.3, -0.25) is 4.79 Å². The minimum Gasteiger partial charge on any atom is -0.335 e. The smallest absolute Gasteiger partial charge is 0.264 e. The van der Waals surface area contributed by atoms with Crippen LogP contribution in [0.5, 0.6) is 0 Å². The van der Waals surface area contributed by atoms with E-state index >= 15 is 0 Å². The van der Waals surface area contributed by atoms with Gasteiger partial charge in [0.15, 0.2) is 0 Å². The molecule has 0 spiro atoms. The maximum atomic E-state index is 12.4. The number of halogens is 2. The molecular formula is C13H14BrClN2OS. The average Bonchev–Trinajstić information content (AvgIpc) is 2.81. The lowest BCUT2D eigenvalue weighted by Crippen LogP contribution is -2.46. The Morgan fingerprint density at radius 3 is 2.74 bits per heavy atom. The van der Waals surface area contributed by atoms with Gasteiger partial charge < -0.3 is 10.2 Å². The van der Waals surface area contributed by atoms with Gasteiger partial charge in [-0.15, -0.1) is 23.7 Å². The van der Waals surface area contributed by atoms with Crippen molar-refractivity contribution in [3.63, 3.8) is 0 Å². The molecule has 0 radical (unpaired) electrons. The molecule has 19 heavy (non-hydrogen) atoms. The number of hydrogen-bond acceptors (Lipinski definition) is 3. The van der Waals surface area contributed by atoms with Crippen LogP contribution in [0, 0.1) is 0 Å². The van der Waals surface area contributed by atoms with E-state index in [0.717, 1.165) is 45.6 Å². The molecule has 1 amide bonds. The first-order valence-electron chi connectivity index (χ1n) is 5.93. The summed E-state index contributed by atoms with van der Waals surface area (Å²) in [5.74, 6) is 0.161. The molecule has 2 aromatic rings. The number of carbonyl (C=O) groups excluding carboxylic acids is 1. The van der Waals surface area contributed by atoms with E-state index < -0.39 is 0 Å². The van der Waals surface area contributed by atoms with Crippen LogP contribution >= 0.6 is 39.7 Å². The molecule has 3 nitrogen and oxygen atoms in total. The molecule has 1 aromatic heterocycles. The lowest BCUT2D eigenvalue weighted by atomic mass is 10.2. The standard InChI is InChI=1S/C13H13BrN2OS.ClH/c14-10-1-2-11-9(7-10)8-12(18-11)13(17)16-5-3-15-4-6-16;/h1-2,7-8,15H,3-6H2;1H. The van der Waals surface area contributed by atoms with Crippen LogP contribution in [0.1, 0.15) is 9.67 Å². The number of nitrogens with one attached hydrogen (secondary N) is 1. The van der Waals surface area contributed by atoms with Gasteiger partial charge in [-0.25, -0.2) is 0 Å². The Balaban J connectivity index is 0.00000133. The fourth-order valence-electron chi connectivity index (χ4n) is 2.14. The molecule has 1 N–H and O–H groups in total. The van der Waals surface area contributed by atoms with E-state index in [0.29, 0.717) is 0 Å². The summed E-state index contributed by atoms with van der Waals surface area (Å²) in [7, 11) is 0. The van der Waals surface area contributed by atoms with Crippen LogP contribution in [0.2, 0.25) is 0 Å². The van der Waals surface area contributed by atoms with E-state index in [2.05, 4.69) is 33.4 Å². The Morgan fingerprint density at radius 1 is 1.26 bits per heavy atom. The van der Waals surface area contributed by atoms with Gasteiger partial charge in [0, 0.05) is 35.4 Å². The second kappa shape index (κ2) is 6.22. The second-order valence-electron chi connectivity index (χ2n) is 4.33. The fraction of sp³-hybridized carbons (Fsp3) is 0.308. The zero-order valence-electron chi connectivity index (χ0n) is 10.2. The number of nitrogens with zero attached hydrogens (tertiary/aromatic N) is 1. The maximum absolute atomic E-state index is 12.4. The van der Waals surface area contributed by atoms with Crippen molar-refractivity contribution in [3.8, 4) is 0 Å². The highest BCUT2D eigenvalue weighted by molar-refractivity contribution is 9.10. The summed E-state index contributed by atoms with van der Waals surface area (Å²) in [6.45, 7) is 3.39. The van der Waals surface area contributed by atoms with E-state index in [-0.39, 0.29) is 18.3 Å². The Kier molecular flexibility index (Phi) is 4.84. The Bertz CT molecular complexity index is 595. The quantitative estimate of drug-likeness (QED) is 0.846. The fourth-order valence-corrected chi connectivity index (χ4v) is 3.53. The molecule has 0 saturated carbocycles. The number of benzene rings is 1. The van der Waals surface area contributed by atoms with Gasteiger partial charge in [0.25, 0.3) is 5.91 Å². The molecule has 1 saturated heterocycles. The lowest BCUT2D eigenvalue weighted by molar-refractivity contribution is 0.0741. The molecule has 1 aromatic carbocycles. The molecular weight excluding hydrogens is 348 g/mol. The monoisotopic (exact) mass is 360 g/mol. The van der Waals surface area contributed by atoms with E-state index in [1.54, 1.807) is 11.3 Å². The third kappa shape index (κ3) is 3.11. The molecule has 6 heteroatoms. The van der Waals surface area contributed by atoms with Crippen molar-refractivity contribution in [2.24, 2.45) is 0 Å². The van der Waals surface area contributed by atoms with Gasteiger partial charge >= 0.3 is 0 Å². The van der Waals surface area contributed by atoms with Gasteiger partial charge in [-0.2, -0.15) is 0 Å². The number of fused-ring (bicyclic) bond motifs is 1. The molecule has 1 aliphatic heterocycles. The first kappa shape index (κ1) is 14.8. The maximum Gasteiger partial charge on any atom is 0.264 e. The highest BCUT2D eigenvalue weighted by atomic mass is 79.9. The number of amides is 1. The van der Waals surface area contributed by atoms with Crippen molar-refractivity contribution in [2.45, 2.75) is 0 Å². The predicted molar refractivity (Wildman–Crippen MR) is 85.5 cm³/mol. The Hall–Kier alpha value is -0.620. The average molecular weight is 362 g/mol. The lowest BCUT2D eigenvalue weighted by Gasteiger charge is -2.26. The van der Waals surface area contributed by atoms with Crippen LogP contribution in [-0.2, 0) is 0 Å². The Labute approximate surface area is 130 Å². The summed E-state index contributed by atoms with van der Waals surface area (Å²) in [6.07, 6.45) is 0. The molecule has 1 aliphatic rings. The zero-order chi connectivity index (χ0) is 12.5. The third-order valence-electron chi connectivity index (χ3n) is 3.09. The van der Waals surface area contributed by atoms with Crippen LogP contribution in [0.25, 0.3) is 10.1 Å². The van der Waals surface area contributed by atoms with Crippen molar-refractivity contribution in [3.05, 3.63) is 33.6 Å². The van der Waals surface area contributed by atoms with Crippen LogP contribution in [0.3, 0.4) is 0 Å². The molecule has 102 valence electrons. The first-order chi connectivity index (χ1) is 8.74. The van der Waals surface area contributed by atoms with Crippen LogP contribution in [0.15, 0.2) is 28.7 Å². The summed E-state index contributed by atoms with van der Waals surface area (Å²) in [5.41, 5.74) is 0. The zero-order valence-corrected chi connectivity index (χ0v) is 13.4. The van der Waals surface area contributed by atoms with Crippen LogP contribution < -0.4 is 5.32 Å². The largest absolute Gasteiger partial charge is 0.335 e. The van der Waals surface area contributed by atoms with Crippen molar-refractivity contribution < 1.29 is 4.79 Å². The van der Waals surface area contributed by atoms with E-state index in [1.165, 1.54) is 0 Å². The minimum atomic E-state index is 0. The molecule has 0 atom stereocenters. The summed E-state index contributed by atoms with van der Waals surface area (Å²) in [4.78, 5) is 15.1. The van der Waals surface area contributed by atoms with E-state index in [4.69, 9.17) is 0 Å². The summed E-state index contributed by atoms with van der Waals surface area (Å²) >= 11 is 5.03. The van der Waals surface area contributed by atoms with Gasteiger partial charge in [-0.05, 0) is 29.7 Å². The van der Waals surface area contributed by atoms with Crippen molar-refractivity contribution in [2.75, 3.05) is 26.2 Å². The van der Waals surface area contributed by atoms with Crippen LogP contribution in [0.4, 0.5) is 0 Å². The van der Waals surface area contributed by atoms with Crippen molar-refractivity contribution in [1.29, 1.82) is 0 Å². The predicted octanol–water partition coefficient (Wildman–Crippen LogP) is 3.13. The van der Waals surface area contributed by atoms with Gasteiger partial charge in [0.05, 0.1) is 4.88 Å². The first-order valence-corrected chi connectivity index (χ1v) is 7.54. The van der Waals surface area contributed by atoms with E-state index in [1.807, 2.05) is 17.0 Å². The molecule has 1 fully saturated rings. The topological polar surface area (TPSA) is 32.3 Å². The van der Waals surface area contributed by atoms with E-state index in [9.17, 15) is 4.79 Å². The summed E-state index contributed by atoms with van der Waals surface area (Å²) in [6, 6.07) is 8.12. The number of thiophene rings is 1. The normalized spacial score (nSPS) is 15.3. The van der Waals surface area contributed by atoms with Crippen molar-refractivity contribution >= 4 is 55.7 Å². The molecule has 3 rings (SSSR count). The van der Waals surface area contributed by atoms with Gasteiger partial charge in [-0.1, -0.05) is 15.9 Å². The van der Waals surface area contributed by atoms with Gasteiger partial charge in [0.2, 0.25) is 0 Å². The number of carbonyl (C=O) groups is 1. The number of hydrogen-bond donors (Lipinski definition) is 1. The molecule has 0 aliphatic carbocycles. The second-order valence-corrected chi connectivity index (χ2v) is 6.33.